The summed E-state index contributed by atoms with van der Waals surface area (Å²) in [5.41, 5.74) is -4.39. The number of carbonyl (C=O) groups excluding carboxylic acids is 1. The number of rotatable bonds is 6. The van der Waals surface area contributed by atoms with Crippen molar-refractivity contribution >= 4 is 16.1 Å². The number of hydrogen-bond donors (Lipinski definition) is 1. The fourth-order valence-corrected chi connectivity index (χ4v) is 3.99. The van der Waals surface area contributed by atoms with Crippen LogP contribution < -0.4 is 5.32 Å². The van der Waals surface area contributed by atoms with Crippen LogP contribution in [-0.4, -0.2) is 59.8 Å². The first-order valence-corrected chi connectivity index (χ1v) is 10.5. The van der Waals surface area contributed by atoms with Gasteiger partial charge in [-0.05, 0) is 44.2 Å². The maximum Gasteiger partial charge on any atom is 0.511 e. The predicted octanol–water partition coefficient (Wildman–Crippen LogP) is 2.56. The van der Waals surface area contributed by atoms with Crippen molar-refractivity contribution in [3.8, 4) is 0 Å². The summed E-state index contributed by atoms with van der Waals surface area (Å²) >= 11 is 0. The largest absolute Gasteiger partial charge is 0.511 e. The first-order valence-electron chi connectivity index (χ1n) is 9.02. The monoisotopic (exact) mass is 422 g/mol. The molecule has 0 aromatic carbocycles. The molecule has 158 valence electrons. The van der Waals surface area contributed by atoms with Crippen LogP contribution in [-0.2, 0) is 16.6 Å². The molecule has 0 atom stereocenters. The number of amides is 2. The highest BCUT2D eigenvalue weighted by molar-refractivity contribution is 7.90. The minimum atomic E-state index is -5.28. The molecule has 2 rings (SSSR count). The van der Waals surface area contributed by atoms with E-state index in [0.717, 1.165) is 5.56 Å². The number of sulfonamides is 1. The highest BCUT2D eigenvalue weighted by atomic mass is 32.2. The Hall–Kier alpha value is -1.88. The maximum atomic E-state index is 12.6. The van der Waals surface area contributed by atoms with Gasteiger partial charge in [0.25, 0.3) is 0 Å². The molecule has 0 saturated carbocycles. The zero-order valence-electron chi connectivity index (χ0n) is 15.8. The molecule has 1 aliphatic rings. The summed E-state index contributed by atoms with van der Waals surface area (Å²) in [7, 11) is -5.28. The average Bonchev–Trinajstić information content (AvgIpc) is 2.64. The molecule has 0 bridgehead atoms. The van der Waals surface area contributed by atoms with Gasteiger partial charge in [0.05, 0.1) is 0 Å². The average molecular weight is 422 g/mol. The molecule has 0 unspecified atom stereocenters. The van der Waals surface area contributed by atoms with Gasteiger partial charge in [0.2, 0.25) is 0 Å². The van der Waals surface area contributed by atoms with Crippen molar-refractivity contribution in [2.24, 2.45) is 5.92 Å². The van der Waals surface area contributed by atoms with Crippen LogP contribution in [0.3, 0.4) is 0 Å². The van der Waals surface area contributed by atoms with E-state index in [0.29, 0.717) is 10.8 Å². The van der Waals surface area contributed by atoms with Gasteiger partial charge in [0, 0.05) is 44.6 Å². The van der Waals surface area contributed by atoms with Crippen LogP contribution in [0.2, 0.25) is 0 Å². The zero-order chi connectivity index (χ0) is 20.9. The Morgan fingerprint density at radius 1 is 1.36 bits per heavy atom. The first kappa shape index (κ1) is 22.4. The highest BCUT2D eigenvalue weighted by Gasteiger charge is 2.50. The highest BCUT2D eigenvalue weighted by Crippen LogP contribution is 2.30. The first-order chi connectivity index (χ1) is 13.0. The standard InChI is InChI=1S/C17H25F3N4O3S/c1-13(2)24(12-15-4-3-7-21-10-15)16(25)22-11-14-5-8-23(9-6-14)28(26,27)17(18,19)20/h3-4,7,10,13-14H,5-6,8-9,11-12H2,1-2H3,(H,22,25). The lowest BCUT2D eigenvalue weighted by Crippen LogP contribution is -2.48. The summed E-state index contributed by atoms with van der Waals surface area (Å²) in [5, 5.41) is 2.81. The number of alkyl halides is 3. The van der Waals surface area contributed by atoms with Crippen molar-refractivity contribution in [1.29, 1.82) is 0 Å². The lowest BCUT2D eigenvalue weighted by Gasteiger charge is -2.32. The lowest BCUT2D eigenvalue weighted by molar-refractivity contribution is -0.0496. The fraction of sp³-hybridized carbons (Fsp3) is 0.647. The van der Waals surface area contributed by atoms with E-state index in [4.69, 9.17) is 0 Å². The third kappa shape index (κ3) is 5.57. The predicted molar refractivity (Wildman–Crippen MR) is 97.6 cm³/mol. The Morgan fingerprint density at radius 2 is 2.00 bits per heavy atom. The molecule has 11 heteroatoms. The SMILES string of the molecule is CC(C)N(Cc1cccnc1)C(=O)NCC1CCN(S(=O)(=O)C(F)(F)F)CC1. The third-order valence-corrected chi connectivity index (χ3v) is 6.34. The number of urea groups is 1. The third-order valence-electron chi connectivity index (χ3n) is 4.71. The number of piperidine rings is 1. The topological polar surface area (TPSA) is 82.6 Å². The molecular weight excluding hydrogens is 397 g/mol. The van der Waals surface area contributed by atoms with Crippen LogP contribution in [0.5, 0.6) is 0 Å². The summed E-state index contributed by atoms with van der Waals surface area (Å²) < 4.78 is 61.2. The molecule has 2 amide bonds. The second-order valence-electron chi connectivity index (χ2n) is 7.06. The summed E-state index contributed by atoms with van der Waals surface area (Å²) in [4.78, 5) is 18.2. The number of halogens is 3. The lowest BCUT2D eigenvalue weighted by atomic mass is 9.98. The number of aromatic nitrogens is 1. The summed E-state index contributed by atoms with van der Waals surface area (Å²) in [6.45, 7) is 4.04. The van der Waals surface area contributed by atoms with Gasteiger partial charge in [-0.3, -0.25) is 4.98 Å². The molecular formula is C17H25F3N4O3S. The summed E-state index contributed by atoms with van der Waals surface area (Å²) in [6, 6.07) is 3.32. The van der Waals surface area contributed by atoms with E-state index in [-0.39, 0.29) is 50.5 Å². The van der Waals surface area contributed by atoms with Crippen molar-refractivity contribution in [3.05, 3.63) is 30.1 Å². The molecule has 7 nitrogen and oxygen atoms in total. The Morgan fingerprint density at radius 3 is 2.50 bits per heavy atom. The van der Waals surface area contributed by atoms with Gasteiger partial charge in [0.1, 0.15) is 0 Å². The van der Waals surface area contributed by atoms with Gasteiger partial charge in [-0.25, -0.2) is 13.2 Å². The van der Waals surface area contributed by atoms with Crippen LogP contribution >= 0.6 is 0 Å². The number of nitrogens with one attached hydrogen (secondary N) is 1. The van der Waals surface area contributed by atoms with Crippen molar-refractivity contribution in [1.82, 2.24) is 19.5 Å². The number of nitrogens with zero attached hydrogens (tertiary/aromatic N) is 3. The molecule has 0 spiro atoms. The molecule has 1 fully saturated rings. The van der Waals surface area contributed by atoms with Crippen LogP contribution in [0.1, 0.15) is 32.3 Å². The van der Waals surface area contributed by atoms with Gasteiger partial charge in [-0.15, -0.1) is 0 Å². The summed E-state index contributed by atoms with van der Waals surface area (Å²) in [6.07, 6.45) is 3.86. The molecule has 1 saturated heterocycles. The zero-order valence-corrected chi connectivity index (χ0v) is 16.6. The van der Waals surface area contributed by atoms with Gasteiger partial charge >= 0.3 is 21.6 Å². The second-order valence-corrected chi connectivity index (χ2v) is 8.99. The summed E-state index contributed by atoms with van der Waals surface area (Å²) in [5.74, 6) is -0.0731. The van der Waals surface area contributed by atoms with Gasteiger partial charge in [-0.2, -0.15) is 17.5 Å². The Bertz CT molecular complexity index is 749. The van der Waals surface area contributed by atoms with Crippen LogP contribution in [0, 0.1) is 5.92 Å². The molecule has 1 N–H and O–H groups in total. The van der Waals surface area contributed by atoms with E-state index in [2.05, 4.69) is 10.3 Å². The van der Waals surface area contributed by atoms with E-state index < -0.39 is 15.5 Å². The van der Waals surface area contributed by atoms with E-state index >= 15 is 0 Å². The van der Waals surface area contributed by atoms with Crippen LogP contribution in [0.15, 0.2) is 24.5 Å². The number of carbonyl (C=O) groups is 1. The van der Waals surface area contributed by atoms with Gasteiger partial charge in [-0.1, -0.05) is 6.07 Å². The fourth-order valence-electron chi connectivity index (χ4n) is 3.01. The van der Waals surface area contributed by atoms with Gasteiger partial charge < -0.3 is 10.2 Å². The molecule has 1 aliphatic heterocycles. The number of pyridine rings is 1. The smallest absolute Gasteiger partial charge is 0.338 e. The van der Waals surface area contributed by atoms with E-state index in [9.17, 15) is 26.4 Å². The van der Waals surface area contributed by atoms with Crippen molar-refractivity contribution in [2.45, 2.75) is 44.8 Å². The number of hydrogen-bond acceptors (Lipinski definition) is 4. The maximum absolute atomic E-state index is 12.6. The second kappa shape index (κ2) is 9.08. The van der Waals surface area contributed by atoms with Crippen molar-refractivity contribution < 1.29 is 26.4 Å². The van der Waals surface area contributed by atoms with E-state index in [1.807, 2.05) is 19.9 Å². The molecule has 0 aliphatic carbocycles. The minimum Gasteiger partial charge on any atom is -0.338 e. The van der Waals surface area contributed by atoms with E-state index in [1.54, 1.807) is 23.4 Å². The Kier molecular flexibility index (Phi) is 7.27. The molecule has 28 heavy (non-hydrogen) atoms. The quantitative estimate of drug-likeness (QED) is 0.764. The van der Waals surface area contributed by atoms with E-state index in [1.165, 1.54) is 0 Å². The Balaban J connectivity index is 1.86. The molecule has 0 radical (unpaired) electrons. The van der Waals surface area contributed by atoms with Crippen molar-refractivity contribution in [2.75, 3.05) is 19.6 Å². The molecule has 2 heterocycles. The van der Waals surface area contributed by atoms with Crippen molar-refractivity contribution in [3.63, 3.8) is 0 Å². The molecule has 1 aromatic heterocycles. The normalized spacial score (nSPS) is 16.9. The molecule has 1 aromatic rings. The van der Waals surface area contributed by atoms with Crippen LogP contribution in [0.4, 0.5) is 18.0 Å². The van der Waals surface area contributed by atoms with Gasteiger partial charge in [0.15, 0.2) is 0 Å². The Labute approximate surface area is 163 Å². The minimum absolute atomic E-state index is 0.0565. The van der Waals surface area contributed by atoms with Crippen LogP contribution in [0.25, 0.3) is 0 Å².